The Morgan fingerprint density at radius 2 is 1.24 bits per heavy atom. The van der Waals surface area contributed by atoms with Crippen LogP contribution in [-0.2, 0) is 9.47 Å². The van der Waals surface area contributed by atoms with Gasteiger partial charge in [-0.15, -0.1) is 22.7 Å². The van der Waals surface area contributed by atoms with Crippen molar-refractivity contribution in [2.45, 2.75) is 27.7 Å². The van der Waals surface area contributed by atoms with Gasteiger partial charge in [-0.2, -0.15) is 0 Å². The summed E-state index contributed by atoms with van der Waals surface area (Å²) in [5.41, 5.74) is 2.35. The molecule has 0 bridgehead atoms. The fourth-order valence-electron chi connectivity index (χ4n) is 3.13. The fraction of sp³-hybridized carbons (Fsp3) is 0.261. The number of methoxy groups -OCH3 is 2. The molecule has 0 aliphatic carbocycles. The number of nitrogens with zero attached hydrogens (tertiary/aromatic N) is 1. The number of hydrogen-bond donors (Lipinski definition) is 2. The molecule has 2 amide bonds. The van der Waals surface area contributed by atoms with Gasteiger partial charge in [0.05, 0.1) is 30.9 Å². The summed E-state index contributed by atoms with van der Waals surface area (Å²) in [6.45, 7) is 7.25. The van der Waals surface area contributed by atoms with E-state index >= 15 is 0 Å². The fourth-order valence-corrected chi connectivity index (χ4v) is 5.22. The zero-order valence-electron chi connectivity index (χ0n) is 19.4. The predicted octanol–water partition coefficient (Wildman–Crippen LogP) is 4.52. The molecule has 0 aliphatic rings. The lowest BCUT2D eigenvalue weighted by Gasteiger charge is -2.08. The van der Waals surface area contributed by atoms with Crippen molar-refractivity contribution in [2.24, 2.45) is 0 Å². The standard InChI is InChI=1S/C23H23N3O6S2/c1-10-12(3)33-20(16(10)22(29)31-5)25-18(27)14-7-8-15(24-9-14)19(28)26-21-17(23(30)32-6)11(2)13(4)34-21/h7-9H,1-6H3,(H,25,27)(H,26,28). The van der Waals surface area contributed by atoms with E-state index in [1.807, 2.05) is 13.8 Å². The molecule has 3 aromatic heterocycles. The Hall–Kier alpha value is -3.57. The van der Waals surface area contributed by atoms with Gasteiger partial charge in [-0.05, 0) is 51.0 Å². The number of esters is 2. The van der Waals surface area contributed by atoms with Crippen LogP contribution in [0.1, 0.15) is 62.4 Å². The highest BCUT2D eigenvalue weighted by Crippen LogP contribution is 2.34. The van der Waals surface area contributed by atoms with Crippen molar-refractivity contribution >= 4 is 56.4 Å². The van der Waals surface area contributed by atoms with Gasteiger partial charge in [-0.25, -0.2) is 9.59 Å². The second kappa shape index (κ2) is 10.1. The molecule has 0 atom stereocenters. The summed E-state index contributed by atoms with van der Waals surface area (Å²) in [6, 6.07) is 2.86. The molecule has 3 aromatic rings. The molecule has 0 saturated carbocycles. The molecular formula is C23H23N3O6S2. The Bertz CT molecular complexity index is 1190. The molecule has 34 heavy (non-hydrogen) atoms. The summed E-state index contributed by atoms with van der Waals surface area (Å²) in [5.74, 6) is -2.09. The van der Waals surface area contributed by atoms with Crippen molar-refractivity contribution in [3.05, 3.63) is 61.6 Å². The molecule has 0 saturated heterocycles. The molecule has 0 fully saturated rings. The lowest BCUT2D eigenvalue weighted by molar-refractivity contribution is 0.0592. The first-order valence-electron chi connectivity index (χ1n) is 10.0. The Balaban J connectivity index is 1.77. The maximum Gasteiger partial charge on any atom is 0.341 e. The van der Waals surface area contributed by atoms with Gasteiger partial charge in [0.25, 0.3) is 11.8 Å². The smallest absolute Gasteiger partial charge is 0.341 e. The summed E-state index contributed by atoms with van der Waals surface area (Å²) in [6.07, 6.45) is 1.27. The summed E-state index contributed by atoms with van der Waals surface area (Å²) < 4.78 is 9.64. The number of pyridine rings is 1. The van der Waals surface area contributed by atoms with E-state index in [0.717, 1.165) is 20.9 Å². The SMILES string of the molecule is COC(=O)c1c(NC(=O)c2ccc(C(=O)Nc3sc(C)c(C)c3C(=O)OC)nc2)sc(C)c1C. The number of hydrogen-bond acceptors (Lipinski definition) is 9. The van der Waals surface area contributed by atoms with E-state index in [9.17, 15) is 19.2 Å². The first-order valence-corrected chi connectivity index (χ1v) is 11.7. The number of ether oxygens (including phenoxy) is 2. The van der Waals surface area contributed by atoms with Gasteiger partial charge in [0.2, 0.25) is 0 Å². The van der Waals surface area contributed by atoms with E-state index in [-0.39, 0.29) is 11.3 Å². The summed E-state index contributed by atoms with van der Waals surface area (Å²) in [7, 11) is 2.56. The molecular weight excluding hydrogens is 478 g/mol. The summed E-state index contributed by atoms with van der Waals surface area (Å²) in [4.78, 5) is 55.5. The van der Waals surface area contributed by atoms with E-state index in [4.69, 9.17) is 9.47 Å². The van der Waals surface area contributed by atoms with Crippen LogP contribution in [-0.4, -0.2) is 43.0 Å². The molecule has 11 heteroatoms. The number of anilines is 2. The van der Waals surface area contributed by atoms with Crippen LogP contribution in [0.2, 0.25) is 0 Å². The van der Waals surface area contributed by atoms with Crippen molar-refractivity contribution in [3.8, 4) is 0 Å². The predicted molar refractivity (Wildman–Crippen MR) is 130 cm³/mol. The topological polar surface area (TPSA) is 124 Å². The zero-order chi connectivity index (χ0) is 25.2. The number of carbonyl (C=O) groups is 4. The molecule has 0 spiro atoms. The van der Waals surface area contributed by atoms with Gasteiger partial charge in [0.1, 0.15) is 15.7 Å². The molecule has 3 heterocycles. The van der Waals surface area contributed by atoms with Gasteiger partial charge in [0.15, 0.2) is 0 Å². The monoisotopic (exact) mass is 501 g/mol. The van der Waals surface area contributed by atoms with Crippen molar-refractivity contribution in [3.63, 3.8) is 0 Å². The van der Waals surface area contributed by atoms with Gasteiger partial charge in [0, 0.05) is 16.0 Å². The molecule has 9 nitrogen and oxygen atoms in total. The van der Waals surface area contributed by atoms with E-state index < -0.39 is 23.8 Å². The van der Waals surface area contributed by atoms with E-state index in [2.05, 4.69) is 15.6 Å². The summed E-state index contributed by atoms with van der Waals surface area (Å²) in [5, 5.41) is 6.16. The average molecular weight is 502 g/mol. The molecule has 3 rings (SSSR count). The van der Waals surface area contributed by atoms with Crippen LogP contribution in [0.4, 0.5) is 10.0 Å². The highest BCUT2D eigenvalue weighted by molar-refractivity contribution is 7.17. The van der Waals surface area contributed by atoms with Crippen molar-refractivity contribution in [2.75, 3.05) is 24.9 Å². The van der Waals surface area contributed by atoms with Crippen LogP contribution >= 0.6 is 22.7 Å². The minimum Gasteiger partial charge on any atom is -0.465 e. The van der Waals surface area contributed by atoms with E-state index in [0.29, 0.717) is 21.1 Å². The van der Waals surface area contributed by atoms with Crippen LogP contribution in [0.3, 0.4) is 0 Å². The minimum absolute atomic E-state index is 0.0640. The third-order valence-electron chi connectivity index (χ3n) is 5.26. The van der Waals surface area contributed by atoms with Crippen LogP contribution in [0, 0.1) is 27.7 Å². The Labute approximate surface area is 204 Å². The first-order chi connectivity index (χ1) is 16.1. The lowest BCUT2D eigenvalue weighted by Crippen LogP contribution is -2.17. The largest absolute Gasteiger partial charge is 0.465 e. The van der Waals surface area contributed by atoms with E-state index in [1.165, 1.54) is 55.2 Å². The third kappa shape index (κ3) is 4.85. The highest BCUT2D eigenvalue weighted by Gasteiger charge is 2.24. The Morgan fingerprint density at radius 1 is 0.765 bits per heavy atom. The van der Waals surface area contributed by atoms with Crippen LogP contribution in [0.25, 0.3) is 0 Å². The number of aromatic nitrogens is 1. The highest BCUT2D eigenvalue weighted by atomic mass is 32.1. The quantitative estimate of drug-likeness (QED) is 0.476. The molecule has 0 unspecified atom stereocenters. The first kappa shape index (κ1) is 25.1. The maximum absolute atomic E-state index is 12.7. The van der Waals surface area contributed by atoms with E-state index in [1.54, 1.807) is 13.8 Å². The molecule has 2 N–H and O–H groups in total. The van der Waals surface area contributed by atoms with Crippen LogP contribution in [0.15, 0.2) is 18.3 Å². The maximum atomic E-state index is 12.7. The second-order valence-electron chi connectivity index (χ2n) is 7.30. The Kier molecular flexibility index (Phi) is 7.48. The third-order valence-corrected chi connectivity index (χ3v) is 7.51. The van der Waals surface area contributed by atoms with Gasteiger partial charge in [-0.3, -0.25) is 14.6 Å². The lowest BCUT2D eigenvalue weighted by atomic mass is 10.1. The van der Waals surface area contributed by atoms with Crippen molar-refractivity contribution < 1.29 is 28.7 Å². The molecule has 0 aromatic carbocycles. The van der Waals surface area contributed by atoms with Crippen LogP contribution < -0.4 is 10.6 Å². The Morgan fingerprint density at radius 3 is 1.65 bits per heavy atom. The minimum atomic E-state index is -0.539. The number of amides is 2. The number of thiophene rings is 2. The van der Waals surface area contributed by atoms with Crippen molar-refractivity contribution in [1.82, 2.24) is 4.98 Å². The average Bonchev–Trinajstić information content (AvgIpc) is 3.26. The van der Waals surface area contributed by atoms with Gasteiger partial charge < -0.3 is 20.1 Å². The zero-order valence-corrected chi connectivity index (χ0v) is 21.1. The number of nitrogens with one attached hydrogen (secondary N) is 2. The molecule has 178 valence electrons. The summed E-state index contributed by atoms with van der Waals surface area (Å²) >= 11 is 2.54. The van der Waals surface area contributed by atoms with Crippen molar-refractivity contribution in [1.29, 1.82) is 0 Å². The molecule has 0 radical (unpaired) electrons. The number of rotatable bonds is 6. The van der Waals surface area contributed by atoms with Gasteiger partial charge in [-0.1, -0.05) is 0 Å². The number of aryl methyl sites for hydroxylation is 2. The normalized spacial score (nSPS) is 10.5. The second-order valence-corrected chi connectivity index (χ2v) is 9.75. The van der Waals surface area contributed by atoms with Gasteiger partial charge >= 0.3 is 11.9 Å². The number of carbonyl (C=O) groups excluding carboxylic acids is 4. The molecule has 0 aliphatic heterocycles. The van der Waals surface area contributed by atoms with Crippen LogP contribution in [0.5, 0.6) is 0 Å².